The Hall–Kier alpha value is -5.10. The number of carbonyl (C=O) groups is 3. The van der Waals surface area contributed by atoms with Crippen molar-refractivity contribution in [2.75, 3.05) is 120 Å². The van der Waals surface area contributed by atoms with Gasteiger partial charge in [0.15, 0.2) is 0 Å². The molecular weight excluding hydrogens is 1050 g/mol. The third kappa shape index (κ3) is 21.1. The number of ether oxygens (including phenoxy) is 6. The topological polar surface area (TPSA) is 309 Å². The highest BCUT2D eigenvalue weighted by molar-refractivity contribution is 7.86. The van der Waals surface area contributed by atoms with Crippen LogP contribution in [0.2, 0.25) is 0 Å². The van der Waals surface area contributed by atoms with Gasteiger partial charge in [0.1, 0.15) is 5.75 Å². The van der Waals surface area contributed by atoms with Crippen LogP contribution in [0.5, 0.6) is 5.75 Å². The number of hydroxylamine groups is 2. The highest BCUT2D eigenvalue weighted by atomic mass is 32.2. The van der Waals surface area contributed by atoms with Gasteiger partial charge in [-0.25, -0.2) is 4.79 Å². The van der Waals surface area contributed by atoms with Crippen LogP contribution < -0.4 is 9.80 Å². The van der Waals surface area contributed by atoms with Crippen LogP contribution in [-0.2, 0) is 83.4 Å². The Morgan fingerprint density at radius 2 is 1.31 bits per heavy atom. The van der Waals surface area contributed by atoms with Crippen molar-refractivity contribution < 1.29 is 91.7 Å². The van der Waals surface area contributed by atoms with Crippen molar-refractivity contribution in [1.29, 1.82) is 0 Å². The van der Waals surface area contributed by atoms with E-state index >= 15 is 0 Å². The van der Waals surface area contributed by atoms with E-state index in [1.54, 1.807) is 48.6 Å². The molecule has 418 valence electrons. The van der Waals surface area contributed by atoms with Gasteiger partial charge in [0.25, 0.3) is 42.2 Å². The number of rotatable bonds is 37. The number of anilines is 2. The van der Waals surface area contributed by atoms with Crippen LogP contribution >= 0.6 is 0 Å². The molecule has 0 saturated carbocycles. The van der Waals surface area contributed by atoms with E-state index in [9.17, 15) is 53.8 Å². The Bertz CT molecular complexity index is 2660. The van der Waals surface area contributed by atoms with Gasteiger partial charge in [-0.2, -0.15) is 25.3 Å². The van der Waals surface area contributed by atoms with Crippen LogP contribution in [0.25, 0.3) is 5.57 Å². The van der Waals surface area contributed by atoms with Crippen LogP contribution in [0, 0.1) is 0 Å². The van der Waals surface area contributed by atoms with Crippen LogP contribution in [0.4, 0.5) is 11.4 Å². The number of fused-ring (bicyclic) bond motifs is 1. The first kappa shape index (κ1) is 62.4. The van der Waals surface area contributed by atoms with Crippen molar-refractivity contribution >= 4 is 65.1 Å². The number of allylic oxidation sites excluding steroid dienone is 7. The Kier molecular flexibility index (Phi) is 25.5. The summed E-state index contributed by atoms with van der Waals surface area (Å²) in [6.45, 7) is 11.6. The zero-order valence-corrected chi connectivity index (χ0v) is 44.7. The molecule has 2 aliphatic heterocycles. The highest BCUT2D eigenvalue weighted by Gasteiger charge is 2.44. The lowest BCUT2D eigenvalue weighted by molar-refractivity contribution is -0.198. The van der Waals surface area contributed by atoms with Gasteiger partial charge in [0, 0.05) is 66.6 Å². The number of carbonyl (C=O) groups excluding carboxylic acids is 3. The van der Waals surface area contributed by atoms with Gasteiger partial charge < -0.3 is 48.2 Å². The van der Waals surface area contributed by atoms with E-state index in [1.807, 2.05) is 23.6 Å². The predicted octanol–water partition coefficient (Wildman–Crippen LogP) is 4.30. The Morgan fingerprint density at radius 3 is 1.83 bits per heavy atom. The maximum absolute atomic E-state index is 12.4. The highest BCUT2D eigenvalue weighted by Crippen LogP contribution is 2.51. The summed E-state index contributed by atoms with van der Waals surface area (Å²) in [5, 5.41) is 11.7. The molecule has 1 atom stereocenters. The number of imide groups is 1. The molecule has 0 aliphatic carbocycles. The zero-order valence-electron chi connectivity index (χ0n) is 42.2. The molecule has 2 aromatic rings. The minimum absolute atomic E-state index is 0.00799. The second kappa shape index (κ2) is 30.6. The molecule has 26 heteroatoms. The zero-order chi connectivity index (χ0) is 55.1. The monoisotopic (exact) mass is 1120 g/mol. The summed E-state index contributed by atoms with van der Waals surface area (Å²) >= 11 is 0. The Labute approximate surface area is 438 Å². The first-order chi connectivity index (χ1) is 35.6. The van der Waals surface area contributed by atoms with E-state index in [0.717, 1.165) is 0 Å². The summed E-state index contributed by atoms with van der Waals surface area (Å²) in [4.78, 5) is 43.0. The molecule has 2 aromatic carbocycles. The van der Waals surface area contributed by atoms with E-state index in [-0.39, 0.29) is 102 Å². The molecule has 1 fully saturated rings. The van der Waals surface area contributed by atoms with Crippen molar-refractivity contribution in [3.63, 3.8) is 0 Å². The van der Waals surface area contributed by atoms with Gasteiger partial charge in [-0.3, -0.25) is 23.2 Å². The average molecular weight is 1120 g/mol. The van der Waals surface area contributed by atoms with Crippen molar-refractivity contribution in [2.24, 2.45) is 0 Å². The molecule has 75 heavy (non-hydrogen) atoms. The molecule has 4 N–H and O–H groups in total. The van der Waals surface area contributed by atoms with Crippen molar-refractivity contribution in [3.05, 3.63) is 90.2 Å². The minimum Gasteiger partial charge on any atom is -0.507 e. The number of aromatic hydroxyl groups is 1. The summed E-state index contributed by atoms with van der Waals surface area (Å²) in [5.41, 5.74) is 2.24. The molecule has 2 heterocycles. The van der Waals surface area contributed by atoms with Crippen LogP contribution in [0.15, 0.2) is 83.9 Å². The Morgan fingerprint density at radius 1 is 0.760 bits per heavy atom. The van der Waals surface area contributed by atoms with E-state index < -0.39 is 65.1 Å². The standard InChI is InChI=1S/C49H69N3O20S3/c1-4-9-38(41-14-12-39(36-44(41)53)50(5-2)20-8-35-74(60,61)62)10-6-11-45-49(3,19-7-34-73(57,58)59)42-37-40(75(63,64)65)13-15-43(42)51(45)21-23-67-25-27-69-29-31-71-33-32-70-30-28-68-26-24-66-22-18-48(56)72-52-46(54)16-17-47(52)55/h4,6,9-15,36-37,53H,1,5,7-8,16-35H2,2-3H3,(H,57,58,59)(H,60,61,62)(H,63,64,65)/b10-6+,38-9-,45-11+. The summed E-state index contributed by atoms with van der Waals surface area (Å²) in [5.74, 6) is -2.88. The maximum Gasteiger partial charge on any atom is 0.335 e. The van der Waals surface area contributed by atoms with Gasteiger partial charge in [-0.05, 0) is 80.7 Å². The summed E-state index contributed by atoms with van der Waals surface area (Å²) in [6, 6.07) is 9.18. The van der Waals surface area contributed by atoms with Gasteiger partial charge in [-0.15, -0.1) is 5.06 Å². The first-order valence-corrected chi connectivity index (χ1v) is 28.9. The molecule has 2 aliphatic rings. The normalized spacial score (nSPS) is 16.9. The number of phenols is 1. The third-order valence-corrected chi connectivity index (χ3v) is 14.2. The number of phenolic OH excluding ortho intramolecular Hbond substituents is 1. The second-order valence-corrected chi connectivity index (χ2v) is 21.8. The fourth-order valence-electron chi connectivity index (χ4n) is 8.10. The quantitative estimate of drug-likeness (QED) is 0.0317. The number of hydrogen-bond donors (Lipinski definition) is 4. The number of benzene rings is 2. The summed E-state index contributed by atoms with van der Waals surface area (Å²) in [7, 11) is -13.1. The number of nitrogens with zero attached hydrogens (tertiary/aromatic N) is 3. The lowest BCUT2D eigenvalue weighted by Gasteiger charge is -2.30. The average Bonchev–Trinajstić information content (AvgIpc) is 3.77. The van der Waals surface area contributed by atoms with E-state index in [2.05, 4.69) is 6.58 Å². The number of hydrogen-bond acceptors (Lipinski definition) is 19. The van der Waals surface area contributed by atoms with Crippen LogP contribution in [0.3, 0.4) is 0 Å². The van der Waals surface area contributed by atoms with E-state index in [0.29, 0.717) is 85.0 Å². The largest absolute Gasteiger partial charge is 0.507 e. The van der Waals surface area contributed by atoms with Gasteiger partial charge in [-0.1, -0.05) is 30.9 Å². The fourth-order valence-corrected chi connectivity index (χ4v) is 9.61. The maximum atomic E-state index is 12.4. The molecule has 4 rings (SSSR count). The van der Waals surface area contributed by atoms with E-state index in [1.165, 1.54) is 18.2 Å². The molecule has 0 radical (unpaired) electrons. The van der Waals surface area contributed by atoms with Gasteiger partial charge >= 0.3 is 5.97 Å². The fraction of sp³-hybridized carbons (Fsp3) is 0.531. The van der Waals surface area contributed by atoms with Crippen LogP contribution in [-0.4, -0.2) is 177 Å². The number of amides is 2. The lowest BCUT2D eigenvalue weighted by Crippen LogP contribution is -2.32. The molecule has 0 aromatic heterocycles. The minimum atomic E-state index is -4.65. The van der Waals surface area contributed by atoms with Crippen molar-refractivity contribution in [2.45, 2.75) is 62.7 Å². The SMILES string of the molecule is C=C/C=C(/C=C/C=C1/N(CCOCCOCCOCCOCCOCCOCCC(=O)ON2C(=O)CCC2=O)c2ccc(S(=O)(=O)O)cc2C1(C)CCCS(=O)(=O)O)c1ccc(N(CC)CCCS(=O)(=O)O)cc1O. The molecular formula is C49H69N3O20S3. The molecule has 0 bridgehead atoms. The molecule has 23 nitrogen and oxygen atoms in total. The smallest absolute Gasteiger partial charge is 0.335 e. The molecule has 2 amide bonds. The van der Waals surface area contributed by atoms with Gasteiger partial charge in [0.05, 0.1) is 102 Å². The van der Waals surface area contributed by atoms with Crippen molar-refractivity contribution in [3.8, 4) is 5.75 Å². The lowest BCUT2D eigenvalue weighted by atomic mass is 9.77. The molecule has 1 unspecified atom stereocenters. The predicted molar refractivity (Wildman–Crippen MR) is 276 cm³/mol. The first-order valence-electron chi connectivity index (χ1n) is 24.2. The second-order valence-electron chi connectivity index (χ2n) is 17.2. The van der Waals surface area contributed by atoms with Gasteiger partial charge in [0.2, 0.25) is 0 Å². The summed E-state index contributed by atoms with van der Waals surface area (Å²) < 4.78 is 133. The van der Waals surface area contributed by atoms with E-state index in [4.69, 9.17) is 37.8 Å². The third-order valence-electron chi connectivity index (χ3n) is 11.8. The molecule has 0 spiro atoms. The molecule has 1 saturated heterocycles. The Balaban J connectivity index is 1.28. The van der Waals surface area contributed by atoms with Crippen LogP contribution in [0.1, 0.15) is 63.5 Å². The van der Waals surface area contributed by atoms with Crippen molar-refractivity contribution in [1.82, 2.24) is 5.06 Å². The summed E-state index contributed by atoms with van der Waals surface area (Å²) in [6.07, 6.45) is 8.64.